The van der Waals surface area contributed by atoms with Crippen LogP contribution in [0.2, 0.25) is 10.0 Å². The molecule has 0 radical (unpaired) electrons. The molecule has 2 rings (SSSR count). The molecule has 0 bridgehead atoms. The fourth-order valence-corrected chi connectivity index (χ4v) is 4.18. The van der Waals surface area contributed by atoms with E-state index in [9.17, 15) is 35.5 Å². The van der Waals surface area contributed by atoms with Gasteiger partial charge in [0.05, 0.1) is 21.0 Å². The van der Waals surface area contributed by atoms with Crippen LogP contribution in [0, 0.1) is 5.82 Å². The summed E-state index contributed by atoms with van der Waals surface area (Å²) in [6.45, 7) is -1.31. The molecular weight excluding hydrogens is 610 g/mol. The van der Waals surface area contributed by atoms with E-state index < -0.39 is 46.5 Å². The predicted molar refractivity (Wildman–Crippen MR) is 129 cm³/mol. The van der Waals surface area contributed by atoms with E-state index in [0.717, 1.165) is 18.2 Å². The third kappa shape index (κ3) is 9.04. The van der Waals surface area contributed by atoms with Crippen LogP contribution in [0.15, 0.2) is 40.9 Å². The number of hydrogen-bond donors (Lipinski definition) is 1. The maximum absolute atomic E-state index is 13.6. The minimum Gasteiger partial charge on any atom is -0.371 e. The summed E-state index contributed by atoms with van der Waals surface area (Å²) in [5.74, 6) is -3.58. The molecule has 1 N–H and O–H groups in total. The molecule has 0 aliphatic heterocycles. The molecule has 0 aliphatic carbocycles. The lowest BCUT2D eigenvalue weighted by atomic mass is 9.96. The van der Waals surface area contributed by atoms with Gasteiger partial charge in [-0.25, -0.2) is 4.39 Å². The van der Waals surface area contributed by atoms with Crippen molar-refractivity contribution >= 4 is 68.2 Å². The molecule has 0 spiro atoms. The van der Waals surface area contributed by atoms with Gasteiger partial charge in [0.15, 0.2) is 11.6 Å². The minimum atomic E-state index is -4.73. The molecule has 0 aromatic heterocycles. The highest BCUT2D eigenvalue weighted by Crippen LogP contribution is 2.39. The van der Waals surface area contributed by atoms with Crippen LogP contribution in [-0.4, -0.2) is 29.7 Å². The molecule has 0 amide bonds. The molecule has 2 aromatic rings. The van der Waals surface area contributed by atoms with Crippen LogP contribution in [0.25, 0.3) is 6.08 Å². The van der Waals surface area contributed by atoms with Gasteiger partial charge >= 0.3 is 12.4 Å². The number of nitrogens with one attached hydrogen (secondary N) is 1. The Labute approximate surface area is 219 Å². The quantitative estimate of drug-likeness (QED) is 0.138. The Balaban J connectivity index is 2.15. The fraction of sp³-hybridized carbons (Fsp3) is 0.273. The van der Waals surface area contributed by atoms with Crippen molar-refractivity contribution in [3.8, 4) is 0 Å². The number of carbonyl (C=O) groups is 1. The lowest BCUT2D eigenvalue weighted by molar-refractivity contribution is -0.139. The van der Waals surface area contributed by atoms with Crippen LogP contribution in [-0.2, 0) is 0 Å². The van der Waals surface area contributed by atoms with Crippen LogP contribution in [0.3, 0.4) is 0 Å². The molecule has 0 saturated heterocycles. The summed E-state index contributed by atoms with van der Waals surface area (Å²) in [7, 11) is 0. The SMILES string of the molecule is O=C(CCC(=S)NCC(F)(F)F)c1ccc(/C=C/C(c2cc(Cl)c(F)c(Cl)c2)C(F)(F)F)cc1Br. The highest BCUT2D eigenvalue weighted by molar-refractivity contribution is 9.10. The Kier molecular flexibility index (Phi) is 10.2. The number of benzene rings is 2. The van der Waals surface area contributed by atoms with Crippen molar-refractivity contribution in [1.29, 1.82) is 0 Å². The maximum atomic E-state index is 13.6. The summed E-state index contributed by atoms with van der Waals surface area (Å²) in [5.41, 5.74) is 0.140. The number of thiocarbonyl (C=S) groups is 1. The molecular formula is C22H15BrCl2F7NOS. The lowest BCUT2D eigenvalue weighted by Crippen LogP contribution is -2.32. The minimum absolute atomic E-state index is 0.103. The summed E-state index contributed by atoms with van der Waals surface area (Å²) < 4.78 is 91.4. The molecule has 190 valence electrons. The zero-order valence-electron chi connectivity index (χ0n) is 17.3. The highest BCUT2D eigenvalue weighted by atomic mass is 79.9. The van der Waals surface area contributed by atoms with E-state index in [1.54, 1.807) is 0 Å². The molecule has 13 heteroatoms. The van der Waals surface area contributed by atoms with Gasteiger partial charge in [-0.2, -0.15) is 26.3 Å². The molecule has 2 nitrogen and oxygen atoms in total. The van der Waals surface area contributed by atoms with Crippen LogP contribution >= 0.6 is 51.3 Å². The molecule has 0 fully saturated rings. The van der Waals surface area contributed by atoms with Crippen molar-refractivity contribution in [2.75, 3.05) is 6.54 Å². The largest absolute Gasteiger partial charge is 0.405 e. The normalized spacial score (nSPS) is 13.2. The van der Waals surface area contributed by atoms with E-state index in [1.807, 2.05) is 5.32 Å². The average molecular weight is 625 g/mol. The first-order valence-electron chi connectivity index (χ1n) is 9.64. The maximum Gasteiger partial charge on any atom is 0.405 e. The van der Waals surface area contributed by atoms with Crippen molar-refractivity contribution in [3.05, 3.63) is 73.4 Å². The fourth-order valence-electron chi connectivity index (χ4n) is 2.88. The lowest BCUT2D eigenvalue weighted by Gasteiger charge is -2.18. The van der Waals surface area contributed by atoms with Gasteiger partial charge in [0.2, 0.25) is 0 Å². The summed E-state index contributed by atoms with van der Waals surface area (Å²) in [4.78, 5) is 12.3. The van der Waals surface area contributed by atoms with Crippen LogP contribution < -0.4 is 5.32 Å². The van der Waals surface area contributed by atoms with Crippen LogP contribution in [0.5, 0.6) is 0 Å². The predicted octanol–water partition coefficient (Wildman–Crippen LogP) is 8.70. The number of ketones is 1. The van der Waals surface area contributed by atoms with Gasteiger partial charge in [-0.15, -0.1) is 0 Å². The smallest absolute Gasteiger partial charge is 0.371 e. The van der Waals surface area contributed by atoms with Crippen molar-refractivity contribution in [1.82, 2.24) is 5.32 Å². The van der Waals surface area contributed by atoms with E-state index in [4.69, 9.17) is 35.4 Å². The summed E-state index contributed by atoms with van der Waals surface area (Å²) in [6.07, 6.45) is -7.44. The van der Waals surface area contributed by atoms with Crippen molar-refractivity contribution < 1.29 is 35.5 Å². The average Bonchev–Trinajstić information content (AvgIpc) is 2.73. The molecule has 35 heavy (non-hydrogen) atoms. The van der Waals surface area contributed by atoms with Gasteiger partial charge in [-0.3, -0.25) is 4.79 Å². The number of hydrogen-bond acceptors (Lipinski definition) is 2. The van der Waals surface area contributed by atoms with Gasteiger partial charge in [-0.1, -0.05) is 69.6 Å². The second kappa shape index (κ2) is 12.0. The zero-order chi connectivity index (χ0) is 26.6. The standard InChI is InChI=1S/C22H15BrCl2F7NOS/c23-15-7-11(1-3-13(15)18(34)5-6-19(35)33-10-21(27,28)29)2-4-14(22(30,31)32)12-8-16(24)20(26)17(25)9-12/h1-4,7-9,14H,5-6,10H2,(H,33,35)/b4-2+. The van der Waals surface area contributed by atoms with Gasteiger partial charge in [0, 0.05) is 22.9 Å². The first kappa shape index (κ1) is 29.5. The van der Waals surface area contributed by atoms with E-state index in [1.165, 1.54) is 24.3 Å². The highest BCUT2D eigenvalue weighted by Gasteiger charge is 2.39. The number of Topliss-reactive ketones (excluding diaryl/α,β-unsaturated/α-hetero) is 1. The Morgan fingerprint density at radius 3 is 2.17 bits per heavy atom. The Bertz CT molecular complexity index is 1110. The molecule has 1 atom stereocenters. The van der Waals surface area contributed by atoms with E-state index in [2.05, 4.69) is 15.9 Å². The Morgan fingerprint density at radius 2 is 1.66 bits per heavy atom. The second-order valence-corrected chi connectivity index (χ2v) is 9.39. The number of allylic oxidation sites excluding steroid dienone is 1. The number of halogens is 10. The molecule has 0 aliphatic rings. The van der Waals surface area contributed by atoms with Crippen molar-refractivity contribution in [2.45, 2.75) is 31.1 Å². The zero-order valence-corrected chi connectivity index (χ0v) is 21.3. The number of carbonyl (C=O) groups excluding carboxylic acids is 1. The molecule has 0 heterocycles. The number of rotatable bonds is 8. The molecule has 0 saturated carbocycles. The van der Waals surface area contributed by atoms with Crippen LogP contribution in [0.4, 0.5) is 30.7 Å². The topological polar surface area (TPSA) is 29.1 Å². The van der Waals surface area contributed by atoms with Crippen molar-refractivity contribution in [3.63, 3.8) is 0 Å². The van der Waals surface area contributed by atoms with E-state index in [0.29, 0.717) is 5.56 Å². The third-order valence-corrected chi connectivity index (χ3v) is 6.11. The number of alkyl halides is 6. The van der Waals surface area contributed by atoms with Gasteiger partial charge in [-0.05, 0) is 35.4 Å². The first-order valence-corrected chi connectivity index (χ1v) is 11.6. The summed E-state index contributed by atoms with van der Waals surface area (Å²) >= 11 is 19.2. The summed E-state index contributed by atoms with van der Waals surface area (Å²) in [6, 6.07) is 5.86. The van der Waals surface area contributed by atoms with Gasteiger partial charge < -0.3 is 5.32 Å². The monoisotopic (exact) mass is 623 g/mol. The molecule has 2 aromatic carbocycles. The summed E-state index contributed by atoms with van der Waals surface area (Å²) in [5, 5.41) is 0.925. The van der Waals surface area contributed by atoms with Crippen LogP contribution in [0.1, 0.15) is 40.2 Å². The van der Waals surface area contributed by atoms with Gasteiger partial charge in [0.25, 0.3) is 0 Å². The third-order valence-electron chi connectivity index (χ3n) is 4.56. The van der Waals surface area contributed by atoms with E-state index >= 15 is 0 Å². The first-order chi connectivity index (χ1) is 16.1. The Morgan fingerprint density at radius 1 is 1.06 bits per heavy atom. The van der Waals surface area contributed by atoms with Crippen molar-refractivity contribution in [2.24, 2.45) is 0 Å². The second-order valence-electron chi connectivity index (χ2n) is 7.23. The van der Waals surface area contributed by atoms with E-state index in [-0.39, 0.29) is 33.4 Å². The molecule has 1 unspecified atom stereocenters. The van der Waals surface area contributed by atoms with Gasteiger partial charge in [0.1, 0.15) is 6.54 Å². The Hall–Kier alpha value is -1.69.